The van der Waals surface area contributed by atoms with Crippen molar-refractivity contribution in [2.75, 3.05) is 18.9 Å². The van der Waals surface area contributed by atoms with Crippen molar-refractivity contribution in [3.8, 4) is 0 Å². The summed E-state index contributed by atoms with van der Waals surface area (Å²) in [7, 11) is 1.65. The molecule has 26 heavy (non-hydrogen) atoms. The van der Waals surface area contributed by atoms with Gasteiger partial charge in [0.2, 0.25) is 5.91 Å². The second-order valence-electron chi connectivity index (χ2n) is 5.44. The second-order valence-corrected chi connectivity index (χ2v) is 5.44. The molecule has 0 aliphatic rings. The molecule has 1 aromatic carbocycles. The summed E-state index contributed by atoms with van der Waals surface area (Å²) < 4.78 is 12.9. The number of anilines is 1. The van der Waals surface area contributed by atoms with Gasteiger partial charge in [0.15, 0.2) is 5.96 Å². The van der Waals surface area contributed by atoms with Crippen molar-refractivity contribution in [3.05, 3.63) is 59.5 Å². The van der Waals surface area contributed by atoms with E-state index in [0.717, 1.165) is 11.3 Å². The molecule has 0 aliphatic heterocycles. The fraction of sp³-hybridized carbons (Fsp3) is 0.278. The number of benzene rings is 1. The number of aryl methyl sites for hydroxylation is 1. The van der Waals surface area contributed by atoms with Gasteiger partial charge in [-0.3, -0.25) is 9.79 Å². The number of hydrogen-bond acceptors (Lipinski definition) is 3. The Morgan fingerprint density at radius 1 is 1.15 bits per heavy atom. The van der Waals surface area contributed by atoms with Crippen molar-refractivity contribution < 1.29 is 9.18 Å². The summed E-state index contributed by atoms with van der Waals surface area (Å²) in [6.07, 6.45) is 0.285. The molecule has 3 N–H and O–H groups in total. The molecule has 0 bridgehead atoms. The Labute approximate surface area is 169 Å². The van der Waals surface area contributed by atoms with Crippen LogP contribution in [0.4, 0.5) is 10.2 Å². The second kappa shape index (κ2) is 11.4. The third-order valence-corrected chi connectivity index (χ3v) is 3.40. The Morgan fingerprint density at radius 2 is 1.88 bits per heavy atom. The molecule has 0 spiro atoms. The fourth-order valence-corrected chi connectivity index (χ4v) is 2.12. The Bertz CT molecular complexity index is 737. The highest BCUT2D eigenvalue weighted by atomic mass is 127. The van der Waals surface area contributed by atoms with E-state index in [1.54, 1.807) is 25.2 Å². The topological polar surface area (TPSA) is 78.4 Å². The van der Waals surface area contributed by atoms with E-state index in [9.17, 15) is 9.18 Å². The van der Waals surface area contributed by atoms with Crippen molar-refractivity contribution in [2.45, 2.75) is 19.9 Å². The lowest BCUT2D eigenvalue weighted by molar-refractivity contribution is -0.116. The zero-order valence-corrected chi connectivity index (χ0v) is 17.1. The molecule has 0 unspecified atom stereocenters. The third-order valence-electron chi connectivity index (χ3n) is 3.40. The van der Waals surface area contributed by atoms with Crippen molar-refractivity contribution in [1.82, 2.24) is 15.6 Å². The summed E-state index contributed by atoms with van der Waals surface area (Å²) in [5.74, 6) is 0.731. The van der Waals surface area contributed by atoms with E-state index in [2.05, 4.69) is 25.9 Å². The Balaban J connectivity index is 0.00000338. The lowest BCUT2D eigenvalue weighted by Crippen LogP contribution is -2.38. The van der Waals surface area contributed by atoms with E-state index in [1.807, 2.05) is 19.1 Å². The normalized spacial score (nSPS) is 10.7. The number of aliphatic imine (C=N–C) groups is 1. The maximum absolute atomic E-state index is 12.9. The van der Waals surface area contributed by atoms with Crippen LogP contribution in [0, 0.1) is 12.7 Å². The monoisotopic (exact) mass is 471 g/mol. The van der Waals surface area contributed by atoms with Gasteiger partial charge >= 0.3 is 0 Å². The average Bonchev–Trinajstić information content (AvgIpc) is 2.59. The average molecular weight is 471 g/mol. The van der Waals surface area contributed by atoms with Gasteiger partial charge in [-0.2, -0.15) is 0 Å². The van der Waals surface area contributed by atoms with Gasteiger partial charge in [-0.25, -0.2) is 9.37 Å². The van der Waals surface area contributed by atoms with Crippen LogP contribution in [-0.4, -0.2) is 30.4 Å². The summed E-state index contributed by atoms with van der Waals surface area (Å²) >= 11 is 0. The minimum atomic E-state index is -0.264. The van der Waals surface area contributed by atoms with Crippen LogP contribution in [0.3, 0.4) is 0 Å². The van der Waals surface area contributed by atoms with Crippen LogP contribution in [0.5, 0.6) is 0 Å². The van der Waals surface area contributed by atoms with Crippen LogP contribution in [0.25, 0.3) is 0 Å². The smallest absolute Gasteiger partial charge is 0.227 e. The first-order chi connectivity index (χ1) is 12.1. The standard InChI is InChI=1S/C18H22FN5O.HI/c1-13-4-3-5-16(23-13)24-17(25)10-11-21-18(20-2)22-12-14-6-8-15(19)9-7-14;/h3-9H,10-12H2,1-2H3,(H2,20,21,22)(H,23,24,25);1H. The Morgan fingerprint density at radius 3 is 2.54 bits per heavy atom. The summed E-state index contributed by atoms with van der Waals surface area (Å²) in [5, 5.41) is 8.92. The van der Waals surface area contributed by atoms with Crippen molar-refractivity contribution in [2.24, 2.45) is 4.99 Å². The van der Waals surface area contributed by atoms with Crippen LogP contribution in [0.2, 0.25) is 0 Å². The number of carbonyl (C=O) groups excluding carboxylic acids is 1. The lowest BCUT2D eigenvalue weighted by Gasteiger charge is -2.12. The van der Waals surface area contributed by atoms with E-state index < -0.39 is 0 Å². The molecule has 0 radical (unpaired) electrons. The molecule has 0 saturated heterocycles. The SMILES string of the molecule is CN=C(NCCC(=O)Nc1cccc(C)n1)NCc1ccc(F)cc1.I. The molecule has 1 amide bonds. The first kappa shape index (κ1) is 21.8. The number of hydrogen-bond donors (Lipinski definition) is 3. The van der Waals surface area contributed by atoms with E-state index in [0.29, 0.717) is 24.9 Å². The maximum Gasteiger partial charge on any atom is 0.227 e. The van der Waals surface area contributed by atoms with Gasteiger partial charge < -0.3 is 16.0 Å². The molecular formula is C18H23FIN5O. The highest BCUT2D eigenvalue weighted by molar-refractivity contribution is 14.0. The number of aromatic nitrogens is 1. The van der Waals surface area contributed by atoms with Gasteiger partial charge in [-0.15, -0.1) is 24.0 Å². The lowest BCUT2D eigenvalue weighted by atomic mass is 10.2. The summed E-state index contributed by atoms with van der Waals surface area (Å²) in [5.41, 5.74) is 1.79. The maximum atomic E-state index is 12.9. The summed E-state index contributed by atoms with van der Waals surface area (Å²) in [6, 6.07) is 11.7. The van der Waals surface area contributed by atoms with Crippen LogP contribution >= 0.6 is 24.0 Å². The van der Waals surface area contributed by atoms with E-state index in [4.69, 9.17) is 0 Å². The number of nitrogens with one attached hydrogen (secondary N) is 3. The van der Waals surface area contributed by atoms with Crippen LogP contribution in [0.15, 0.2) is 47.5 Å². The largest absolute Gasteiger partial charge is 0.356 e. The fourth-order valence-electron chi connectivity index (χ4n) is 2.12. The quantitative estimate of drug-likeness (QED) is 0.344. The summed E-state index contributed by atoms with van der Waals surface area (Å²) in [4.78, 5) is 20.2. The van der Waals surface area contributed by atoms with Gasteiger partial charge in [0.1, 0.15) is 11.6 Å². The first-order valence-corrected chi connectivity index (χ1v) is 7.99. The van der Waals surface area contributed by atoms with E-state index in [1.165, 1.54) is 12.1 Å². The number of carbonyl (C=O) groups is 1. The van der Waals surface area contributed by atoms with Gasteiger partial charge in [0.25, 0.3) is 0 Å². The molecule has 0 atom stereocenters. The van der Waals surface area contributed by atoms with E-state index >= 15 is 0 Å². The number of rotatable bonds is 6. The molecule has 0 saturated carbocycles. The van der Waals surface area contributed by atoms with Gasteiger partial charge in [-0.05, 0) is 36.8 Å². The molecule has 1 heterocycles. The molecule has 0 aliphatic carbocycles. The van der Waals surface area contributed by atoms with Gasteiger partial charge in [0, 0.05) is 32.3 Å². The number of pyridine rings is 1. The minimum Gasteiger partial charge on any atom is -0.356 e. The minimum absolute atomic E-state index is 0. The molecule has 6 nitrogen and oxygen atoms in total. The summed E-state index contributed by atoms with van der Waals surface area (Å²) in [6.45, 7) is 2.81. The third kappa shape index (κ3) is 7.77. The molecule has 1 aromatic heterocycles. The Kier molecular flexibility index (Phi) is 9.56. The molecular weight excluding hydrogens is 448 g/mol. The van der Waals surface area contributed by atoms with Crippen molar-refractivity contribution >= 4 is 41.7 Å². The zero-order chi connectivity index (χ0) is 18.1. The molecule has 0 fully saturated rings. The van der Waals surface area contributed by atoms with Crippen LogP contribution in [-0.2, 0) is 11.3 Å². The molecule has 140 valence electrons. The molecule has 2 aromatic rings. The Hall–Kier alpha value is -2.23. The van der Waals surface area contributed by atoms with Crippen LogP contribution < -0.4 is 16.0 Å². The molecule has 2 rings (SSSR count). The molecule has 8 heteroatoms. The zero-order valence-electron chi connectivity index (χ0n) is 14.8. The predicted molar refractivity (Wildman–Crippen MR) is 112 cm³/mol. The van der Waals surface area contributed by atoms with Gasteiger partial charge in [0.05, 0.1) is 0 Å². The highest BCUT2D eigenvalue weighted by Gasteiger charge is 2.04. The van der Waals surface area contributed by atoms with E-state index in [-0.39, 0.29) is 42.1 Å². The van der Waals surface area contributed by atoms with Crippen LogP contribution in [0.1, 0.15) is 17.7 Å². The van der Waals surface area contributed by atoms with Gasteiger partial charge in [-0.1, -0.05) is 18.2 Å². The van der Waals surface area contributed by atoms with Crippen molar-refractivity contribution in [1.29, 1.82) is 0 Å². The number of halogens is 2. The highest BCUT2D eigenvalue weighted by Crippen LogP contribution is 2.04. The first-order valence-electron chi connectivity index (χ1n) is 7.99. The number of guanidine groups is 1. The number of amides is 1. The van der Waals surface area contributed by atoms with Crippen molar-refractivity contribution in [3.63, 3.8) is 0 Å². The predicted octanol–water partition coefficient (Wildman–Crippen LogP) is 2.84. The number of nitrogens with zero attached hydrogens (tertiary/aromatic N) is 2.